The molecule has 1 aromatic heterocycles. The summed E-state index contributed by atoms with van der Waals surface area (Å²) in [5, 5.41) is 15.4. The lowest BCUT2D eigenvalue weighted by Crippen LogP contribution is -2.32. The summed E-state index contributed by atoms with van der Waals surface area (Å²) in [5.74, 6) is 2.06. The van der Waals surface area contributed by atoms with Gasteiger partial charge in [0.2, 0.25) is 5.91 Å². The number of nitrogens with zero attached hydrogens (tertiary/aromatic N) is 2. The second kappa shape index (κ2) is 6.25. The number of thioether (sulfide) groups is 1. The van der Waals surface area contributed by atoms with Crippen molar-refractivity contribution in [2.24, 2.45) is 11.8 Å². The summed E-state index contributed by atoms with van der Waals surface area (Å²) in [4.78, 5) is 29.6. The summed E-state index contributed by atoms with van der Waals surface area (Å²) < 4.78 is 0. The zero-order valence-corrected chi connectivity index (χ0v) is 14.0. The predicted octanol–water partition coefficient (Wildman–Crippen LogP) is 1.60. The number of carboxylic acid groups (broad SMARTS) is 1. The molecule has 7 nitrogen and oxygen atoms in total. The van der Waals surface area contributed by atoms with Crippen molar-refractivity contribution >= 4 is 29.6 Å². The number of fused-ring (bicyclic) bond motifs is 2. The van der Waals surface area contributed by atoms with Crippen molar-refractivity contribution in [3.63, 3.8) is 0 Å². The molecule has 3 aliphatic rings. The van der Waals surface area contributed by atoms with E-state index in [4.69, 9.17) is 5.11 Å². The lowest BCUT2D eigenvalue weighted by molar-refractivity contribution is -0.113. The minimum absolute atomic E-state index is 0.00304. The van der Waals surface area contributed by atoms with Crippen LogP contribution in [0.15, 0.2) is 17.0 Å². The lowest BCUT2D eigenvalue weighted by atomic mass is 10.0. The number of carbonyl (C=O) groups excluding carboxylic acids is 1. The molecule has 2 amide bonds. The Balaban J connectivity index is 1.32. The van der Waals surface area contributed by atoms with Crippen molar-refractivity contribution in [3.05, 3.63) is 17.8 Å². The molecule has 1 saturated carbocycles. The summed E-state index contributed by atoms with van der Waals surface area (Å²) in [6.45, 7) is 2.00. The molecule has 1 aromatic rings. The number of nitrogens with one attached hydrogen (secondary N) is 2. The fraction of sp³-hybridized carbons (Fsp3) is 0.562. The van der Waals surface area contributed by atoms with E-state index in [2.05, 4.69) is 15.6 Å². The number of rotatable bonds is 3. The molecular weight excluding hydrogens is 328 g/mol. The molecule has 2 fully saturated rings. The van der Waals surface area contributed by atoms with Gasteiger partial charge >= 0.3 is 6.09 Å². The Kier molecular flexibility index (Phi) is 4.09. The third-order valence-electron chi connectivity index (χ3n) is 5.13. The molecule has 0 radical (unpaired) electrons. The van der Waals surface area contributed by atoms with E-state index < -0.39 is 6.09 Å². The highest BCUT2D eigenvalue weighted by Crippen LogP contribution is 2.38. The van der Waals surface area contributed by atoms with Gasteiger partial charge in [0, 0.05) is 25.7 Å². The Hall–Kier alpha value is -1.80. The number of hydrogen-bond donors (Lipinski definition) is 3. The van der Waals surface area contributed by atoms with Gasteiger partial charge < -0.3 is 20.6 Å². The fourth-order valence-corrected chi connectivity index (χ4v) is 4.73. The van der Waals surface area contributed by atoms with Crippen molar-refractivity contribution in [2.75, 3.05) is 24.2 Å². The summed E-state index contributed by atoms with van der Waals surface area (Å²) >= 11 is 1.52. The third kappa shape index (κ3) is 3.08. The van der Waals surface area contributed by atoms with E-state index >= 15 is 0 Å². The maximum Gasteiger partial charge on any atom is 0.407 e. The van der Waals surface area contributed by atoms with E-state index in [0.717, 1.165) is 23.4 Å². The number of amides is 2. The number of hydrogen-bond acceptors (Lipinski definition) is 5. The smallest absolute Gasteiger partial charge is 0.407 e. The van der Waals surface area contributed by atoms with Crippen molar-refractivity contribution in [3.8, 4) is 0 Å². The van der Waals surface area contributed by atoms with Crippen LogP contribution >= 0.6 is 11.8 Å². The topological polar surface area (TPSA) is 94.6 Å². The maximum absolute atomic E-state index is 11.5. The van der Waals surface area contributed by atoms with Crippen molar-refractivity contribution in [2.45, 2.75) is 30.3 Å². The van der Waals surface area contributed by atoms with Gasteiger partial charge in [-0.1, -0.05) is 0 Å². The van der Waals surface area contributed by atoms with Gasteiger partial charge in [-0.15, -0.1) is 11.8 Å². The van der Waals surface area contributed by atoms with Crippen molar-refractivity contribution in [1.29, 1.82) is 0 Å². The molecule has 3 heterocycles. The van der Waals surface area contributed by atoms with Crippen LogP contribution in [0.1, 0.15) is 18.5 Å². The third-order valence-corrected chi connectivity index (χ3v) is 6.17. The molecule has 128 valence electrons. The molecule has 3 atom stereocenters. The average molecular weight is 348 g/mol. The molecule has 1 unspecified atom stereocenters. The molecule has 0 bridgehead atoms. The van der Waals surface area contributed by atoms with Gasteiger partial charge in [0.05, 0.1) is 16.3 Å². The normalized spacial score (nSPS) is 28.4. The number of likely N-dealkylation sites (tertiary alicyclic amines) is 1. The average Bonchev–Trinajstić information content (AvgIpc) is 3.11. The SMILES string of the molecule is O=C1CSc2ccc(CNC3C[C@@H]4CN(C(=O)O)C[C@@H]4C3)nc2N1. The molecule has 3 N–H and O–H groups in total. The summed E-state index contributed by atoms with van der Waals surface area (Å²) in [6.07, 6.45) is 1.24. The first-order valence-corrected chi connectivity index (χ1v) is 9.21. The number of aromatic nitrogens is 1. The zero-order chi connectivity index (χ0) is 16.7. The van der Waals surface area contributed by atoms with E-state index in [1.54, 1.807) is 0 Å². The van der Waals surface area contributed by atoms with Crippen LogP contribution in [0.2, 0.25) is 0 Å². The molecule has 2 aliphatic heterocycles. The Morgan fingerprint density at radius 1 is 1.38 bits per heavy atom. The predicted molar refractivity (Wildman–Crippen MR) is 90.0 cm³/mol. The minimum atomic E-state index is -0.799. The first kappa shape index (κ1) is 15.7. The summed E-state index contributed by atoms with van der Waals surface area (Å²) in [7, 11) is 0. The van der Waals surface area contributed by atoms with Gasteiger partial charge in [-0.2, -0.15) is 0 Å². The molecular formula is C16H20N4O3S. The number of pyridine rings is 1. The van der Waals surface area contributed by atoms with E-state index in [1.807, 2.05) is 12.1 Å². The molecule has 24 heavy (non-hydrogen) atoms. The second-order valence-corrected chi connectivity index (χ2v) is 7.76. The quantitative estimate of drug-likeness (QED) is 0.768. The molecule has 0 spiro atoms. The zero-order valence-electron chi connectivity index (χ0n) is 13.2. The molecule has 4 rings (SSSR count). The number of anilines is 1. The first-order chi connectivity index (χ1) is 11.6. The van der Waals surface area contributed by atoms with Crippen LogP contribution in [0.5, 0.6) is 0 Å². The lowest BCUT2D eigenvalue weighted by Gasteiger charge is -2.18. The van der Waals surface area contributed by atoms with Crippen LogP contribution in [-0.2, 0) is 11.3 Å². The Morgan fingerprint density at radius 3 is 2.83 bits per heavy atom. The van der Waals surface area contributed by atoms with E-state index in [-0.39, 0.29) is 5.91 Å². The molecule has 1 saturated heterocycles. The van der Waals surface area contributed by atoms with Crippen LogP contribution in [0.3, 0.4) is 0 Å². The highest BCUT2D eigenvalue weighted by Gasteiger charge is 2.42. The van der Waals surface area contributed by atoms with E-state index in [1.165, 1.54) is 16.7 Å². The van der Waals surface area contributed by atoms with E-state index in [9.17, 15) is 9.59 Å². The Labute approximate surface area is 144 Å². The molecule has 8 heteroatoms. The van der Waals surface area contributed by atoms with Crippen LogP contribution < -0.4 is 10.6 Å². The van der Waals surface area contributed by atoms with Crippen LogP contribution in [0.4, 0.5) is 10.6 Å². The van der Waals surface area contributed by atoms with Gasteiger partial charge in [-0.05, 0) is 36.8 Å². The van der Waals surface area contributed by atoms with Gasteiger partial charge in [0.25, 0.3) is 0 Å². The van der Waals surface area contributed by atoms with Gasteiger partial charge in [-0.25, -0.2) is 9.78 Å². The van der Waals surface area contributed by atoms with Gasteiger partial charge in [0.1, 0.15) is 5.82 Å². The highest BCUT2D eigenvalue weighted by atomic mass is 32.2. The van der Waals surface area contributed by atoms with E-state index in [0.29, 0.717) is 49.1 Å². The van der Waals surface area contributed by atoms with Gasteiger partial charge in [0.15, 0.2) is 0 Å². The Bertz CT molecular complexity index is 669. The maximum atomic E-state index is 11.5. The van der Waals surface area contributed by atoms with Crippen LogP contribution in [-0.4, -0.2) is 51.9 Å². The van der Waals surface area contributed by atoms with Crippen molar-refractivity contribution < 1.29 is 14.7 Å². The Morgan fingerprint density at radius 2 is 2.12 bits per heavy atom. The van der Waals surface area contributed by atoms with Gasteiger partial charge in [-0.3, -0.25) is 4.79 Å². The largest absolute Gasteiger partial charge is 0.465 e. The minimum Gasteiger partial charge on any atom is -0.465 e. The first-order valence-electron chi connectivity index (χ1n) is 8.22. The fourth-order valence-electron chi connectivity index (χ4n) is 3.97. The van der Waals surface area contributed by atoms with Crippen LogP contribution in [0, 0.1) is 11.8 Å². The highest BCUT2D eigenvalue weighted by molar-refractivity contribution is 8.00. The van der Waals surface area contributed by atoms with Crippen LogP contribution in [0.25, 0.3) is 0 Å². The summed E-state index contributed by atoms with van der Waals surface area (Å²) in [5.41, 5.74) is 0.917. The number of carbonyl (C=O) groups is 2. The van der Waals surface area contributed by atoms with Crippen molar-refractivity contribution in [1.82, 2.24) is 15.2 Å². The second-order valence-electron chi connectivity index (χ2n) is 6.74. The molecule has 0 aromatic carbocycles. The summed E-state index contributed by atoms with van der Waals surface area (Å²) in [6, 6.07) is 4.42. The molecule has 1 aliphatic carbocycles. The standard InChI is InChI=1S/C16H20N4O3S/c21-14-8-24-13-2-1-11(18-15(13)19-14)5-17-12-3-9-6-20(16(22)23)7-10(9)4-12/h1-2,9-10,12,17H,3-8H2,(H,22,23)(H,18,19,21)/t9-,10+,12?. The monoisotopic (exact) mass is 348 g/mol.